The van der Waals surface area contributed by atoms with Crippen LogP contribution >= 0.6 is 11.8 Å². The molecule has 2 rings (SSSR count). The number of hydrogen-bond donors (Lipinski definition) is 2. The molecular weight excluding hydrogens is 276 g/mol. The minimum Gasteiger partial charge on any atom is -0.480 e. The van der Waals surface area contributed by atoms with Crippen LogP contribution in [0.2, 0.25) is 0 Å². The van der Waals surface area contributed by atoms with Crippen LogP contribution in [0.5, 0.6) is 0 Å². The van der Waals surface area contributed by atoms with Crippen molar-refractivity contribution in [2.75, 3.05) is 0 Å². The number of aromatic carboxylic acids is 1. The van der Waals surface area contributed by atoms with Crippen molar-refractivity contribution < 1.29 is 19.8 Å². The van der Waals surface area contributed by atoms with E-state index >= 15 is 0 Å². The van der Waals surface area contributed by atoms with Gasteiger partial charge in [-0.1, -0.05) is 42.5 Å². The molecule has 0 bridgehead atoms. The van der Waals surface area contributed by atoms with Gasteiger partial charge in [-0.05, 0) is 17.7 Å². The maximum absolute atomic E-state index is 11.4. The zero-order valence-corrected chi connectivity index (χ0v) is 11.2. The predicted molar refractivity (Wildman–Crippen MR) is 76.1 cm³/mol. The summed E-state index contributed by atoms with van der Waals surface area (Å²) in [4.78, 5) is 23.0. The lowest BCUT2D eigenvalue weighted by Crippen LogP contribution is -2.09. The van der Waals surface area contributed by atoms with Crippen LogP contribution in [0.3, 0.4) is 0 Å². The van der Waals surface area contributed by atoms with E-state index in [9.17, 15) is 14.7 Å². The largest absolute Gasteiger partial charge is 0.480 e. The highest BCUT2D eigenvalue weighted by Gasteiger charge is 2.23. The van der Waals surface area contributed by atoms with Crippen molar-refractivity contribution in [2.45, 2.75) is 10.1 Å². The summed E-state index contributed by atoms with van der Waals surface area (Å²) in [5, 5.41) is 17.6. The Morgan fingerprint density at radius 2 is 1.50 bits per heavy atom. The second kappa shape index (κ2) is 6.25. The van der Waals surface area contributed by atoms with Crippen molar-refractivity contribution >= 4 is 23.7 Å². The van der Waals surface area contributed by atoms with Crippen molar-refractivity contribution in [2.24, 2.45) is 0 Å². The summed E-state index contributed by atoms with van der Waals surface area (Å²) in [5.41, 5.74) is 0.741. The smallest absolute Gasteiger partial charge is 0.336 e. The van der Waals surface area contributed by atoms with Gasteiger partial charge in [-0.15, -0.1) is 11.8 Å². The van der Waals surface area contributed by atoms with Crippen LogP contribution in [0.25, 0.3) is 0 Å². The minimum absolute atomic E-state index is 0.111. The molecule has 5 heteroatoms. The Morgan fingerprint density at radius 3 is 2.10 bits per heavy atom. The summed E-state index contributed by atoms with van der Waals surface area (Å²) in [6.07, 6.45) is 0. The molecule has 0 aliphatic rings. The molecule has 0 aliphatic heterocycles. The lowest BCUT2D eigenvalue weighted by molar-refractivity contribution is -0.136. The van der Waals surface area contributed by atoms with Crippen LogP contribution in [0.1, 0.15) is 21.2 Å². The van der Waals surface area contributed by atoms with Crippen LogP contribution < -0.4 is 0 Å². The molecule has 0 heterocycles. The van der Waals surface area contributed by atoms with Gasteiger partial charge >= 0.3 is 11.9 Å². The summed E-state index contributed by atoms with van der Waals surface area (Å²) in [6, 6.07) is 15.2. The van der Waals surface area contributed by atoms with E-state index in [-0.39, 0.29) is 5.56 Å². The number of rotatable bonds is 5. The summed E-state index contributed by atoms with van der Waals surface area (Å²) >= 11 is 1.02. The number of thioether (sulfide) groups is 1. The first-order valence-corrected chi connectivity index (χ1v) is 6.74. The molecule has 0 aliphatic carbocycles. The van der Waals surface area contributed by atoms with E-state index < -0.39 is 17.2 Å². The van der Waals surface area contributed by atoms with Gasteiger partial charge in [0.05, 0.1) is 5.56 Å². The van der Waals surface area contributed by atoms with Crippen molar-refractivity contribution in [1.29, 1.82) is 0 Å². The molecule has 2 aromatic carbocycles. The molecule has 4 nitrogen and oxygen atoms in total. The number of benzene rings is 2. The molecule has 0 saturated carbocycles. The zero-order chi connectivity index (χ0) is 14.5. The van der Waals surface area contributed by atoms with Crippen molar-refractivity contribution in [1.82, 2.24) is 0 Å². The molecule has 0 aromatic heterocycles. The predicted octanol–water partition coefficient (Wildman–Crippen LogP) is 3.30. The monoisotopic (exact) mass is 288 g/mol. The molecule has 0 saturated heterocycles. The lowest BCUT2D eigenvalue weighted by Gasteiger charge is -2.13. The number of aliphatic carboxylic acids is 1. The summed E-state index contributed by atoms with van der Waals surface area (Å²) in [6.45, 7) is 0. The molecule has 102 valence electrons. The van der Waals surface area contributed by atoms with E-state index in [1.165, 1.54) is 6.07 Å². The minimum atomic E-state index is -1.06. The van der Waals surface area contributed by atoms with E-state index in [0.29, 0.717) is 10.5 Å². The van der Waals surface area contributed by atoms with Gasteiger partial charge in [0.2, 0.25) is 0 Å². The summed E-state index contributed by atoms with van der Waals surface area (Å²) < 4.78 is 0. The van der Waals surface area contributed by atoms with Gasteiger partial charge < -0.3 is 10.2 Å². The third-order valence-corrected chi connectivity index (χ3v) is 4.01. The van der Waals surface area contributed by atoms with Gasteiger partial charge in [0.25, 0.3) is 0 Å². The third-order valence-electron chi connectivity index (χ3n) is 2.69. The fourth-order valence-corrected chi connectivity index (χ4v) is 2.85. The van der Waals surface area contributed by atoms with Gasteiger partial charge in [-0.25, -0.2) is 4.79 Å². The second-order valence-electron chi connectivity index (χ2n) is 4.05. The Labute approximate surface area is 120 Å². The lowest BCUT2D eigenvalue weighted by atomic mass is 10.1. The highest BCUT2D eigenvalue weighted by molar-refractivity contribution is 8.00. The van der Waals surface area contributed by atoms with Gasteiger partial charge in [0.15, 0.2) is 0 Å². The highest BCUT2D eigenvalue weighted by Crippen LogP contribution is 2.37. The van der Waals surface area contributed by atoms with E-state index in [1.54, 1.807) is 48.5 Å². The quantitative estimate of drug-likeness (QED) is 0.826. The van der Waals surface area contributed by atoms with E-state index in [2.05, 4.69) is 0 Å². The Hall–Kier alpha value is -2.27. The van der Waals surface area contributed by atoms with Crippen LogP contribution in [0.4, 0.5) is 0 Å². The van der Waals surface area contributed by atoms with Crippen LogP contribution in [0.15, 0.2) is 59.5 Å². The Bertz CT molecular complexity index is 625. The Balaban J connectivity index is 2.35. The Kier molecular flexibility index (Phi) is 4.42. The molecule has 0 fully saturated rings. The molecule has 0 amide bonds. The average molecular weight is 288 g/mol. The van der Waals surface area contributed by atoms with Gasteiger partial charge in [0.1, 0.15) is 5.25 Å². The maximum Gasteiger partial charge on any atom is 0.336 e. The van der Waals surface area contributed by atoms with E-state index in [0.717, 1.165) is 11.8 Å². The van der Waals surface area contributed by atoms with Crippen molar-refractivity contribution in [3.05, 3.63) is 65.7 Å². The molecule has 20 heavy (non-hydrogen) atoms. The van der Waals surface area contributed by atoms with Gasteiger partial charge in [0, 0.05) is 4.90 Å². The van der Waals surface area contributed by atoms with E-state index in [1.807, 2.05) is 0 Å². The summed E-state index contributed by atoms with van der Waals surface area (Å²) in [5.74, 6) is -2.06. The van der Waals surface area contributed by atoms with Crippen LogP contribution in [0, 0.1) is 0 Å². The van der Waals surface area contributed by atoms with Crippen LogP contribution in [-0.2, 0) is 4.79 Å². The standard InChI is InChI=1S/C15H12O4S/c16-14(17)11-8-4-5-9-12(11)20-13(15(18)19)10-6-2-1-3-7-10/h1-9,13H,(H,16,17)(H,18,19)/t13-/m1/s1. The first kappa shape index (κ1) is 14.1. The number of carbonyl (C=O) groups is 2. The molecule has 0 unspecified atom stereocenters. The number of carboxylic acid groups (broad SMARTS) is 2. The normalized spacial score (nSPS) is 11.8. The average Bonchev–Trinajstić information content (AvgIpc) is 2.45. The molecule has 2 N–H and O–H groups in total. The van der Waals surface area contributed by atoms with E-state index in [4.69, 9.17) is 5.11 Å². The molecule has 0 radical (unpaired) electrons. The van der Waals surface area contributed by atoms with Crippen LogP contribution in [-0.4, -0.2) is 22.2 Å². The maximum atomic E-state index is 11.4. The number of hydrogen-bond acceptors (Lipinski definition) is 3. The van der Waals surface area contributed by atoms with Crippen molar-refractivity contribution in [3.63, 3.8) is 0 Å². The van der Waals surface area contributed by atoms with Gasteiger partial charge in [-0.2, -0.15) is 0 Å². The first-order valence-electron chi connectivity index (χ1n) is 5.86. The molecule has 0 spiro atoms. The molecule has 1 atom stereocenters. The highest BCUT2D eigenvalue weighted by atomic mass is 32.2. The molecular formula is C15H12O4S. The van der Waals surface area contributed by atoms with Gasteiger partial charge in [-0.3, -0.25) is 4.79 Å². The number of carboxylic acids is 2. The Morgan fingerprint density at radius 1 is 0.900 bits per heavy atom. The third kappa shape index (κ3) is 3.19. The first-order chi connectivity index (χ1) is 9.59. The molecule has 2 aromatic rings. The second-order valence-corrected chi connectivity index (χ2v) is 5.20. The zero-order valence-electron chi connectivity index (χ0n) is 10.4. The topological polar surface area (TPSA) is 74.6 Å². The fraction of sp³-hybridized carbons (Fsp3) is 0.0667. The summed E-state index contributed by atoms with van der Waals surface area (Å²) in [7, 11) is 0. The van der Waals surface area contributed by atoms with Crippen molar-refractivity contribution in [3.8, 4) is 0 Å². The fourth-order valence-electron chi connectivity index (χ4n) is 1.76. The SMILES string of the molecule is O=C(O)c1ccccc1S[C@@H](C(=O)O)c1ccccc1.